The Morgan fingerprint density at radius 3 is 2.72 bits per heavy atom. The summed E-state index contributed by atoms with van der Waals surface area (Å²) in [4.78, 5) is 22.3. The van der Waals surface area contributed by atoms with E-state index < -0.39 is 4.92 Å². The van der Waals surface area contributed by atoms with Crippen LogP contribution in [0.15, 0.2) is 24.3 Å². The van der Waals surface area contributed by atoms with Crippen LogP contribution in [0.5, 0.6) is 0 Å². The SMILES string of the molecule is Cc1nn(C)c(C)c1C[C@H](C)NC(=O)NCc1cccc([N+](=O)[O-])c1. The summed E-state index contributed by atoms with van der Waals surface area (Å²) in [7, 11) is 1.90. The Kier molecular flexibility index (Phi) is 5.74. The van der Waals surface area contributed by atoms with Crippen LogP contribution in [0.4, 0.5) is 10.5 Å². The fraction of sp³-hybridized carbons (Fsp3) is 0.412. The smallest absolute Gasteiger partial charge is 0.315 e. The molecule has 2 amide bonds. The van der Waals surface area contributed by atoms with E-state index in [2.05, 4.69) is 15.7 Å². The molecule has 8 nitrogen and oxygen atoms in total. The molecule has 0 spiro atoms. The average molecular weight is 345 g/mol. The Labute approximate surface area is 146 Å². The largest absolute Gasteiger partial charge is 0.335 e. The molecular weight excluding hydrogens is 322 g/mol. The van der Waals surface area contributed by atoms with E-state index in [0.717, 1.165) is 17.0 Å². The minimum atomic E-state index is -0.454. The number of carbonyl (C=O) groups is 1. The highest BCUT2D eigenvalue weighted by molar-refractivity contribution is 5.74. The Morgan fingerprint density at radius 1 is 1.40 bits per heavy atom. The van der Waals surface area contributed by atoms with Crippen LogP contribution in [-0.4, -0.2) is 26.8 Å². The Hall–Kier alpha value is -2.90. The van der Waals surface area contributed by atoms with E-state index in [-0.39, 0.29) is 24.3 Å². The zero-order chi connectivity index (χ0) is 18.6. The zero-order valence-corrected chi connectivity index (χ0v) is 14.9. The Morgan fingerprint density at radius 2 is 2.12 bits per heavy atom. The highest BCUT2D eigenvalue weighted by Gasteiger charge is 2.14. The summed E-state index contributed by atoms with van der Waals surface area (Å²) < 4.78 is 1.83. The summed E-state index contributed by atoms with van der Waals surface area (Å²) in [6.07, 6.45) is 0.690. The van der Waals surface area contributed by atoms with Crippen LogP contribution in [0.3, 0.4) is 0 Å². The summed E-state index contributed by atoms with van der Waals surface area (Å²) in [6.45, 7) is 6.12. The van der Waals surface area contributed by atoms with Crippen LogP contribution < -0.4 is 10.6 Å². The number of urea groups is 1. The van der Waals surface area contributed by atoms with Crippen LogP contribution in [0, 0.1) is 24.0 Å². The van der Waals surface area contributed by atoms with Crippen molar-refractivity contribution in [2.24, 2.45) is 7.05 Å². The number of hydrogen-bond donors (Lipinski definition) is 2. The van der Waals surface area contributed by atoms with Gasteiger partial charge < -0.3 is 10.6 Å². The number of hydrogen-bond acceptors (Lipinski definition) is 4. The first-order valence-electron chi connectivity index (χ1n) is 8.04. The van der Waals surface area contributed by atoms with Crippen LogP contribution in [0.25, 0.3) is 0 Å². The predicted octanol–water partition coefficient (Wildman–Crippen LogP) is 2.38. The lowest BCUT2D eigenvalue weighted by Crippen LogP contribution is -2.41. The lowest BCUT2D eigenvalue weighted by molar-refractivity contribution is -0.384. The molecule has 0 fully saturated rings. The summed E-state index contributed by atoms with van der Waals surface area (Å²) in [5.41, 5.74) is 3.87. The molecule has 1 heterocycles. The minimum Gasteiger partial charge on any atom is -0.335 e. The van der Waals surface area contributed by atoms with Crippen LogP contribution in [0.1, 0.15) is 29.4 Å². The summed E-state index contributed by atoms with van der Waals surface area (Å²) in [6, 6.07) is 5.84. The molecule has 2 aromatic rings. The fourth-order valence-electron chi connectivity index (χ4n) is 2.71. The normalized spacial score (nSPS) is 11.8. The van der Waals surface area contributed by atoms with E-state index in [9.17, 15) is 14.9 Å². The number of benzene rings is 1. The summed E-state index contributed by atoms with van der Waals surface area (Å²) in [5.74, 6) is 0. The van der Waals surface area contributed by atoms with Gasteiger partial charge in [-0.3, -0.25) is 14.8 Å². The molecule has 2 rings (SSSR count). The number of carbonyl (C=O) groups excluding carboxylic acids is 1. The molecule has 2 N–H and O–H groups in total. The first-order chi connectivity index (χ1) is 11.8. The van der Waals surface area contributed by atoms with Crippen LogP contribution in [0.2, 0.25) is 0 Å². The van der Waals surface area contributed by atoms with Gasteiger partial charge in [0, 0.05) is 37.5 Å². The number of aromatic nitrogens is 2. The van der Waals surface area contributed by atoms with Gasteiger partial charge in [-0.1, -0.05) is 12.1 Å². The molecule has 0 unspecified atom stereocenters. The van der Waals surface area contributed by atoms with Crippen molar-refractivity contribution in [3.8, 4) is 0 Å². The van der Waals surface area contributed by atoms with Gasteiger partial charge in [0.1, 0.15) is 0 Å². The number of nitro groups is 1. The molecule has 0 radical (unpaired) electrons. The molecule has 134 valence electrons. The molecule has 0 saturated carbocycles. The van der Waals surface area contributed by atoms with Gasteiger partial charge in [0.15, 0.2) is 0 Å². The third kappa shape index (κ3) is 4.79. The van der Waals surface area contributed by atoms with Crippen molar-refractivity contribution in [2.45, 2.75) is 39.8 Å². The average Bonchev–Trinajstić information content (AvgIpc) is 2.79. The summed E-state index contributed by atoms with van der Waals surface area (Å²) in [5, 5.41) is 20.7. The van der Waals surface area contributed by atoms with Crippen molar-refractivity contribution in [3.05, 3.63) is 56.9 Å². The maximum absolute atomic E-state index is 12.0. The summed E-state index contributed by atoms with van der Waals surface area (Å²) >= 11 is 0. The third-order valence-electron chi connectivity index (χ3n) is 4.12. The Balaban J connectivity index is 1.87. The molecule has 25 heavy (non-hydrogen) atoms. The van der Waals surface area contributed by atoms with Crippen molar-refractivity contribution in [1.29, 1.82) is 0 Å². The van der Waals surface area contributed by atoms with Gasteiger partial charge in [-0.05, 0) is 38.3 Å². The molecule has 8 heteroatoms. The van der Waals surface area contributed by atoms with Crippen molar-refractivity contribution in [2.75, 3.05) is 0 Å². The van der Waals surface area contributed by atoms with Gasteiger partial charge in [-0.2, -0.15) is 5.10 Å². The molecule has 0 bridgehead atoms. The maximum atomic E-state index is 12.0. The fourth-order valence-corrected chi connectivity index (χ4v) is 2.71. The van der Waals surface area contributed by atoms with E-state index in [0.29, 0.717) is 12.0 Å². The second kappa shape index (κ2) is 7.78. The van der Waals surface area contributed by atoms with Crippen LogP contribution in [-0.2, 0) is 20.0 Å². The first-order valence-corrected chi connectivity index (χ1v) is 8.04. The van der Waals surface area contributed by atoms with Crippen molar-refractivity contribution >= 4 is 11.7 Å². The van der Waals surface area contributed by atoms with Gasteiger partial charge in [-0.25, -0.2) is 4.79 Å². The van der Waals surface area contributed by atoms with Gasteiger partial charge in [0.25, 0.3) is 5.69 Å². The minimum absolute atomic E-state index is 0.00982. The van der Waals surface area contributed by atoms with E-state index in [1.807, 2.05) is 32.5 Å². The van der Waals surface area contributed by atoms with Crippen molar-refractivity contribution in [3.63, 3.8) is 0 Å². The number of nitro benzene ring substituents is 1. The van der Waals surface area contributed by atoms with Crippen LogP contribution >= 0.6 is 0 Å². The number of amides is 2. The van der Waals surface area contributed by atoms with Gasteiger partial charge >= 0.3 is 6.03 Å². The van der Waals surface area contributed by atoms with Gasteiger partial charge in [-0.15, -0.1) is 0 Å². The molecule has 0 aliphatic carbocycles. The lowest BCUT2D eigenvalue weighted by atomic mass is 10.1. The molecule has 0 saturated heterocycles. The van der Waals surface area contributed by atoms with E-state index in [1.54, 1.807) is 12.1 Å². The second-order valence-electron chi connectivity index (χ2n) is 6.13. The number of rotatable bonds is 6. The predicted molar refractivity (Wildman–Crippen MR) is 94.3 cm³/mol. The number of aryl methyl sites for hydroxylation is 2. The number of non-ortho nitro benzene ring substituents is 1. The maximum Gasteiger partial charge on any atom is 0.315 e. The number of nitrogens with one attached hydrogen (secondary N) is 2. The van der Waals surface area contributed by atoms with E-state index in [4.69, 9.17) is 0 Å². The van der Waals surface area contributed by atoms with E-state index in [1.165, 1.54) is 12.1 Å². The first kappa shape index (κ1) is 18.4. The number of nitrogens with zero attached hydrogens (tertiary/aromatic N) is 3. The Bertz CT molecular complexity index is 785. The van der Waals surface area contributed by atoms with Crippen molar-refractivity contribution in [1.82, 2.24) is 20.4 Å². The lowest BCUT2D eigenvalue weighted by Gasteiger charge is -2.15. The van der Waals surface area contributed by atoms with E-state index >= 15 is 0 Å². The van der Waals surface area contributed by atoms with Crippen molar-refractivity contribution < 1.29 is 9.72 Å². The quantitative estimate of drug-likeness (QED) is 0.620. The highest BCUT2D eigenvalue weighted by atomic mass is 16.6. The molecule has 0 aliphatic rings. The molecule has 1 atom stereocenters. The zero-order valence-electron chi connectivity index (χ0n) is 14.9. The standard InChI is InChI=1S/C17H23N5O3/c1-11(8-16-12(2)20-21(4)13(16)3)19-17(23)18-10-14-6-5-7-15(9-14)22(24)25/h5-7,9,11H,8,10H2,1-4H3,(H2,18,19,23)/t11-/m0/s1. The van der Waals surface area contributed by atoms with Gasteiger partial charge in [0.2, 0.25) is 0 Å². The van der Waals surface area contributed by atoms with Gasteiger partial charge in [0.05, 0.1) is 10.6 Å². The second-order valence-corrected chi connectivity index (χ2v) is 6.13. The third-order valence-corrected chi connectivity index (χ3v) is 4.12. The molecule has 1 aromatic heterocycles. The monoisotopic (exact) mass is 345 g/mol. The molecular formula is C17H23N5O3. The molecule has 0 aliphatic heterocycles. The molecule has 1 aromatic carbocycles. The topological polar surface area (TPSA) is 102 Å². The highest BCUT2D eigenvalue weighted by Crippen LogP contribution is 2.14.